The molecule has 2 unspecified atom stereocenters. The zero-order chi connectivity index (χ0) is 13.8. The van der Waals surface area contributed by atoms with Crippen molar-refractivity contribution in [2.45, 2.75) is 51.1 Å². The van der Waals surface area contributed by atoms with Crippen LogP contribution in [0.15, 0.2) is 0 Å². The lowest BCUT2D eigenvalue weighted by Crippen LogP contribution is -2.54. The van der Waals surface area contributed by atoms with Gasteiger partial charge in [-0.25, -0.2) is 0 Å². The molecule has 0 spiro atoms. The fourth-order valence-corrected chi connectivity index (χ4v) is 3.24. The fourth-order valence-electron chi connectivity index (χ4n) is 3.24. The minimum atomic E-state index is -0.204. The first-order valence-corrected chi connectivity index (χ1v) is 7.19. The number of rotatable bonds is 3. The minimum absolute atomic E-state index is 0.0341. The molecule has 1 saturated heterocycles. The second-order valence-electron chi connectivity index (χ2n) is 5.72. The predicted octanol–water partition coefficient (Wildman–Crippen LogP) is 0.929. The van der Waals surface area contributed by atoms with E-state index in [1.165, 1.54) is 32.8 Å². The van der Waals surface area contributed by atoms with Crippen LogP contribution in [0.1, 0.15) is 39.0 Å². The van der Waals surface area contributed by atoms with E-state index in [0.717, 1.165) is 6.42 Å². The molecule has 1 amide bonds. The van der Waals surface area contributed by atoms with Gasteiger partial charge in [-0.3, -0.25) is 9.59 Å². The predicted molar refractivity (Wildman–Crippen MR) is 71.6 cm³/mol. The summed E-state index contributed by atoms with van der Waals surface area (Å²) < 4.78 is 4.83. The molecule has 2 aliphatic rings. The van der Waals surface area contributed by atoms with Crippen LogP contribution < -0.4 is 5.32 Å². The smallest absolute Gasteiger partial charge is 0.310 e. The van der Waals surface area contributed by atoms with Gasteiger partial charge in [0.05, 0.1) is 13.0 Å². The van der Waals surface area contributed by atoms with Gasteiger partial charge in [-0.05, 0) is 19.3 Å². The third-order valence-corrected chi connectivity index (χ3v) is 4.26. The van der Waals surface area contributed by atoms with Crippen molar-refractivity contribution in [2.75, 3.05) is 20.2 Å². The van der Waals surface area contributed by atoms with Gasteiger partial charge in [-0.2, -0.15) is 0 Å². The summed E-state index contributed by atoms with van der Waals surface area (Å²) in [4.78, 5) is 25.1. The van der Waals surface area contributed by atoms with E-state index in [1.807, 2.05) is 0 Å². The van der Waals surface area contributed by atoms with Crippen molar-refractivity contribution < 1.29 is 14.3 Å². The van der Waals surface area contributed by atoms with Crippen molar-refractivity contribution in [3.63, 3.8) is 0 Å². The number of ether oxygens (including phenoxy) is 1. The topological polar surface area (TPSA) is 58.6 Å². The number of hydrogen-bond donors (Lipinski definition) is 1. The van der Waals surface area contributed by atoms with Crippen LogP contribution in [0.25, 0.3) is 0 Å². The average molecular weight is 268 g/mol. The number of piperidine rings is 1. The normalized spacial score (nSPS) is 28.4. The molecule has 1 N–H and O–H groups in total. The van der Waals surface area contributed by atoms with E-state index in [9.17, 15) is 9.59 Å². The largest absolute Gasteiger partial charge is 0.469 e. The Morgan fingerprint density at radius 3 is 2.42 bits per heavy atom. The van der Waals surface area contributed by atoms with Crippen LogP contribution in [0.4, 0.5) is 0 Å². The molecular weight excluding hydrogens is 244 g/mol. The maximum absolute atomic E-state index is 11.7. The summed E-state index contributed by atoms with van der Waals surface area (Å²) >= 11 is 0. The number of nitrogens with zero attached hydrogens (tertiary/aromatic N) is 1. The summed E-state index contributed by atoms with van der Waals surface area (Å²) in [6.07, 6.45) is 5.74. The van der Waals surface area contributed by atoms with E-state index in [2.05, 4.69) is 5.32 Å². The van der Waals surface area contributed by atoms with Crippen molar-refractivity contribution in [1.82, 2.24) is 10.2 Å². The Labute approximate surface area is 114 Å². The Morgan fingerprint density at radius 2 is 1.84 bits per heavy atom. The number of nitrogens with one attached hydrogen (secondary N) is 1. The van der Waals surface area contributed by atoms with Gasteiger partial charge in [0.15, 0.2) is 0 Å². The third kappa shape index (κ3) is 3.69. The Bertz CT molecular complexity index is 340. The lowest BCUT2D eigenvalue weighted by molar-refractivity contribution is -0.149. The van der Waals surface area contributed by atoms with Crippen LogP contribution in [-0.4, -0.2) is 49.1 Å². The van der Waals surface area contributed by atoms with Crippen LogP contribution >= 0.6 is 0 Å². The molecule has 5 nitrogen and oxygen atoms in total. The third-order valence-electron chi connectivity index (χ3n) is 4.26. The maximum Gasteiger partial charge on any atom is 0.310 e. The summed E-state index contributed by atoms with van der Waals surface area (Å²) in [6.45, 7) is 2.76. The fraction of sp³-hybridized carbons (Fsp3) is 0.857. The number of carbonyl (C=O) groups is 2. The molecule has 108 valence electrons. The standard InChI is InChI=1S/C14H24N2O3/c1-10(17)16-8-11(14(18)19-2)7-13(9-16)15-12-5-3-4-6-12/h11-13,15H,3-9H2,1-2H3. The second-order valence-corrected chi connectivity index (χ2v) is 5.72. The van der Waals surface area contributed by atoms with Gasteiger partial charge in [0.25, 0.3) is 0 Å². The minimum Gasteiger partial charge on any atom is -0.469 e. The van der Waals surface area contributed by atoms with Crippen LogP contribution in [0.5, 0.6) is 0 Å². The van der Waals surface area contributed by atoms with Gasteiger partial charge < -0.3 is 15.0 Å². The lowest BCUT2D eigenvalue weighted by Gasteiger charge is -2.37. The highest BCUT2D eigenvalue weighted by molar-refractivity contribution is 5.77. The molecule has 2 atom stereocenters. The highest BCUT2D eigenvalue weighted by Gasteiger charge is 2.34. The van der Waals surface area contributed by atoms with Crippen LogP contribution in [0.3, 0.4) is 0 Å². The van der Waals surface area contributed by atoms with Crippen LogP contribution in [0.2, 0.25) is 0 Å². The molecule has 5 heteroatoms. The molecule has 1 aliphatic heterocycles. The molecule has 1 saturated carbocycles. The number of esters is 1. The van der Waals surface area contributed by atoms with Gasteiger partial charge in [-0.15, -0.1) is 0 Å². The number of hydrogen-bond acceptors (Lipinski definition) is 4. The molecule has 0 bridgehead atoms. The van der Waals surface area contributed by atoms with E-state index in [1.54, 1.807) is 11.8 Å². The Kier molecular flexibility index (Phi) is 4.80. The Hall–Kier alpha value is -1.10. The number of carbonyl (C=O) groups excluding carboxylic acids is 2. The molecule has 2 fully saturated rings. The quantitative estimate of drug-likeness (QED) is 0.774. The lowest BCUT2D eigenvalue weighted by atomic mass is 9.93. The van der Waals surface area contributed by atoms with E-state index < -0.39 is 0 Å². The van der Waals surface area contributed by atoms with E-state index in [-0.39, 0.29) is 23.8 Å². The van der Waals surface area contributed by atoms with Gasteiger partial charge in [0, 0.05) is 32.1 Å². The molecule has 19 heavy (non-hydrogen) atoms. The molecule has 0 aromatic heterocycles. The Morgan fingerprint density at radius 1 is 1.16 bits per heavy atom. The van der Waals surface area contributed by atoms with Gasteiger partial charge in [0.2, 0.25) is 5.91 Å². The van der Waals surface area contributed by atoms with Crippen molar-refractivity contribution in [3.8, 4) is 0 Å². The van der Waals surface area contributed by atoms with Crippen LogP contribution in [-0.2, 0) is 14.3 Å². The van der Waals surface area contributed by atoms with E-state index in [0.29, 0.717) is 19.1 Å². The number of amides is 1. The van der Waals surface area contributed by atoms with Crippen molar-refractivity contribution in [2.24, 2.45) is 5.92 Å². The highest BCUT2D eigenvalue weighted by Crippen LogP contribution is 2.23. The zero-order valence-electron chi connectivity index (χ0n) is 11.9. The van der Waals surface area contributed by atoms with Crippen LogP contribution in [0, 0.1) is 5.92 Å². The van der Waals surface area contributed by atoms with Crippen molar-refractivity contribution >= 4 is 11.9 Å². The summed E-state index contributed by atoms with van der Waals surface area (Å²) in [6, 6.07) is 0.764. The maximum atomic E-state index is 11.7. The molecule has 2 rings (SSSR count). The van der Waals surface area contributed by atoms with Crippen molar-refractivity contribution in [1.29, 1.82) is 0 Å². The second kappa shape index (κ2) is 6.37. The van der Waals surface area contributed by atoms with Gasteiger partial charge in [-0.1, -0.05) is 12.8 Å². The van der Waals surface area contributed by atoms with E-state index >= 15 is 0 Å². The van der Waals surface area contributed by atoms with Gasteiger partial charge in [0.1, 0.15) is 0 Å². The number of likely N-dealkylation sites (tertiary alicyclic amines) is 1. The SMILES string of the molecule is COC(=O)C1CC(NC2CCCC2)CN(C(C)=O)C1. The average Bonchev–Trinajstić information content (AvgIpc) is 2.90. The first kappa shape index (κ1) is 14.3. The first-order chi connectivity index (χ1) is 9.10. The zero-order valence-corrected chi connectivity index (χ0v) is 11.9. The van der Waals surface area contributed by atoms with E-state index in [4.69, 9.17) is 4.74 Å². The number of methoxy groups -OCH3 is 1. The molecule has 0 aromatic rings. The molecule has 1 aliphatic carbocycles. The highest BCUT2D eigenvalue weighted by atomic mass is 16.5. The first-order valence-electron chi connectivity index (χ1n) is 7.19. The summed E-state index contributed by atoms with van der Waals surface area (Å²) in [7, 11) is 1.41. The monoisotopic (exact) mass is 268 g/mol. The molecule has 0 aromatic carbocycles. The molecular formula is C14H24N2O3. The summed E-state index contributed by atoms with van der Waals surface area (Å²) in [5, 5.41) is 3.61. The molecule has 1 heterocycles. The molecule has 0 radical (unpaired) electrons. The Balaban J connectivity index is 1.96. The van der Waals surface area contributed by atoms with Gasteiger partial charge >= 0.3 is 5.97 Å². The summed E-state index contributed by atoms with van der Waals surface area (Å²) in [5.41, 5.74) is 0. The van der Waals surface area contributed by atoms with Crippen molar-refractivity contribution in [3.05, 3.63) is 0 Å². The summed E-state index contributed by atoms with van der Waals surface area (Å²) in [5.74, 6) is -0.363.